The van der Waals surface area contributed by atoms with E-state index in [-0.39, 0.29) is 12.2 Å². The SMILES string of the molecule is COc1ccc(CCC(=O)OC(C)C(=O)Nc2cccc(C#N)c2)cc1O. The van der Waals surface area contributed by atoms with Crippen LogP contribution in [0.2, 0.25) is 0 Å². The van der Waals surface area contributed by atoms with Crippen LogP contribution in [0.1, 0.15) is 24.5 Å². The smallest absolute Gasteiger partial charge is 0.306 e. The molecule has 1 atom stereocenters. The summed E-state index contributed by atoms with van der Waals surface area (Å²) < 4.78 is 10.1. The van der Waals surface area contributed by atoms with Gasteiger partial charge in [0.05, 0.1) is 18.7 Å². The van der Waals surface area contributed by atoms with Crippen LogP contribution in [0.4, 0.5) is 5.69 Å². The van der Waals surface area contributed by atoms with Gasteiger partial charge >= 0.3 is 5.97 Å². The highest BCUT2D eigenvalue weighted by molar-refractivity contribution is 5.95. The largest absolute Gasteiger partial charge is 0.504 e. The van der Waals surface area contributed by atoms with E-state index in [0.29, 0.717) is 23.4 Å². The van der Waals surface area contributed by atoms with Gasteiger partial charge in [0, 0.05) is 12.1 Å². The molecule has 7 heteroatoms. The molecule has 2 aromatic rings. The summed E-state index contributed by atoms with van der Waals surface area (Å²) in [6.07, 6.45) is -0.560. The van der Waals surface area contributed by atoms with E-state index in [1.165, 1.54) is 26.2 Å². The molecule has 27 heavy (non-hydrogen) atoms. The first-order valence-electron chi connectivity index (χ1n) is 8.29. The Hall–Kier alpha value is -3.53. The number of carbonyl (C=O) groups is 2. The van der Waals surface area contributed by atoms with E-state index >= 15 is 0 Å². The van der Waals surface area contributed by atoms with Gasteiger partial charge in [0.15, 0.2) is 17.6 Å². The Bertz CT molecular complexity index is 873. The molecular formula is C20H20N2O5. The predicted octanol–water partition coefficient (Wildman–Crippen LogP) is 2.78. The van der Waals surface area contributed by atoms with Gasteiger partial charge in [0.1, 0.15) is 0 Å². The van der Waals surface area contributed by atoms with Gasteiger partial charge in [-0.05, 0) is 49.2 Å². The fourth-order valence-electron chi connectivity index (χ4n) is 2.36. The molecule has 0 fully saturated rings. The minimum absolute atomic E-state index is 0.00397. The molecule has 0 saturated heterocycles. The average Bonchev–Trinajstić information content (AvgIpc) is 2.66. The van der Waals surface area contributed by atoms with Gasteiger partial charge in [-0.15, -0.1) is 0 Å². The van der Waals surface area contributed by atoms with Crippen LogP contribution >= 0.6 is 0 Å². The highest BCUT2D eigenvalue weighted by Gasteiger charge is 2.18. The topological polar surface area (TPSA) is 109 Å². The number of amides is 1. The van der Waals surface area contributed by atoms with Crippen molar-refractivity contribution >= 4 is 17.6 Å². The number of carbonyl (C=O) groups excluding carboxylic acids is 2. The Morgan fingerprint density at radius 3 is 2.70 bits per heavy atom. The molecule has 0 aliphatic heterocycles. The molecule has 140 valence electrons. The van der Waals surface area contributed by atoms with Crippen molar-refractivity contribution in [1.82, 2.24) is 0 Å². The van der Waals surface area contributed by atoms with Crippen LogP contribution in [-0.2, 0) is 20.7 Å². The maximum atomic E-state index is 12.1. The number of hydrogen-bond acceptors (Lipinski definition) is 6. The zero-order valence-corrected chi connectivity index (χ0v) is 15.1. The lowest BCUT2D eigenvalue weighted by Crippen LogP contribution is -2.30. The molecule has 0 saturated carbocycles. The highest BCUT2D eigenvalue weighted by Crippen LogP contribution is 2.26. The van der Waals surface area contributed by atoms with Gasteiger partial charge in [-0.25, -0.2) is 0 Å². The lowest BCUT2D eigenvalue weighted by atomic mass is 10.1. The number of rotatable bonds is 7. The number of esters is 1. The molecule has 0 heterocycles. The summed E-state index contributed by atoms with van der Waals surface area (Å²) in [7, 11) is 1.45. The van der Waals surface area contributed by atoms with Gasteiger partial charge in [-0.1, -0.05) is 12.1 Å². The molecule has 0 bridgehead atoms. The monoisotopic (exact) mass is 368 g/mol. The molecule has 2 rings (SSSR count). The van der Waals surface area contributed by atoms with Crippen molar-refractivity contribution in [3.05, 3.63) is 53.6 Å². The van der Waals surface area contributed by atoms with Crippen molar-refractivity contribution in [3.8, 4) is 17.6 Å². The summed E-state index contributed by atoms with van der Waals surface area (Å²) in [6, 6.07) is 13.3. The van der Waals surface area contributed by atoms with Crippen molar-refractivity contribution in [1.29, 1.82) is 5.26 Å². The van der Waals surface area contributed by atoms with Crippen LogP contribution in [-0.4, -0.2) is 30.2 Å². The van der Waals surface area contributed by atoms with Gasteiger partial charge in [0.2, 0.25) is 0 Å². The Morgan fingerprint density at radius 1 is 1.26 bits per heavy atom. The highest BCUT2D eigenvalue weighted by atomic mass is 16.5. The Morgan fingerprint density at radius 2 is 2.04 bits per heavy atom. The first-order chi connectivity index (χ1) is 12.9. The van der Waals surface area contributed by atoms with E-state index in [2.05, 4.69) is 5.32 Å². The van der Waals surface area contributed by atoms with Crippen LogP contribution in [0.5, 0.6) is 11.5 Å². The number of aromatic hydroxyl groups is 1. The van der Waals surface area contributed by atoms with E-state index in [0.717, 1.165) is 5.56 Å². The molecule has 0 aliphatic carbocycles. The van der Waals surface area contributed by atoms with E-state index in [4.69, 9.17) is 14.7 Å². The zero-order chi connectivity index (χ0) is 19.8. The number of phenolic OH excluding ortho intramolecular Hbond substituents is 1. The summed E-state index contributed by atoms with van der Waals surface area (Å²) >= 11 is 0. The van der Waals surface area contributed by atoms with Crippen LogP contribution in [0, 0.1) is 11.3 Å². The van der Waals surface area contributed by atoms with Crippen molar-refractivity contribution in [2.24, 2.45) is 0 Å². The van der Waals surface area contributed by atoms with E-state index < -0.39 is 18.0 Å². The predicted molar refractivity (Wildman–Crippen MR) is 98.3 cm³/mol. The van der Waals surface area contributed by atoms with Gasteiger partial charge in [-0.2, -0.15) is 5.26 Å². The number of nitriles is 1. The van der Waals surface area contributed by atoms with Gasteiger partial charge in [-0.3, -0.25) is 9.59 Å². The lowest BCUT2D eigenvalue weighted by Gasteiger charge is -2.14. The summed E-state index contributed by atoms with van der Waals surface area (Å²) in [4.78, 5) is 24.1. The minimum atomic E-state index is -0.979. The number of benzene rings is 2. The molecule has 0 radical (unpaired) electrons. The summed E-state index contributed by atoms with van der Waals surface area (Å²) in [6.45, 7) is 1.47. The van der Waals surface area contributed by atoms with Crippen LogP contribution < -0.4 is 10.1 Å². The molecule has 2 aromatic carbocycles. The second-order valence-corrected chi connectivity index (χ2v) is 5.82. The molecule has 1 unspecified atom stereocenters. The molecule has 0 aliphatic rings. The quantitative estimate of drug-likeness (QED) is 0.728. The van der Waals surface area contributed by atoms with Crippen molar-refractivity contribution in [2.75, 3.05) is 12.4 Å². The zero-order valence-electron chi connectivity index (χ0n) is 15.1. The van der Waals surface area contributed by atoms with Crippen molar-refractivity contribution < 1.29 is 24.2 Å². The number of anilines is 1. The molecule has 7 nitrogen and oxygen atoms in total. The number of nitrogens with zero attached hydrogens (tertiary/aromatic N) is 1. The maximum Gasteiger partial charge on any atom is 0.306 e. The summed E-state index contributed by atoms with van der Waals surface area (Å²) in [5.74, 6) is -0.665. The second-order valence-electron chi connectivity index (χ2n) is 5.82. The summed E-state index contributed by atoms with van der Waals surface area (Å²) in [5, 5.41) is 21.2. The first kappa shape index (κ1) is 19.8. The first-order valence-corrected chi connectivity index (χ1v) is 8.29. The van der Waals surface area contributed by atoms with Crippen LogP contribution in [0.15, 0.2) is 42.5 Å². The second kappa shape index (κ2) is 9.25. The van der Waals surface area contributed by atoms with Crippen LogP contribution in [0.3, 0.4) is 0 Å². The summed E-state index contributed by atoms with van der Waals surface area (Å²) in [5.41, 5.74) is 1.62. The average molecular weight is 368 g/mol. The molecule has 2 N–H and O–H groups in total. The lowest BCUT2D eigenvalue weighted by molar-refractivity contribution is -0.153. The third-order valence-corrected chi connectivity index (χ3v) is 3.80. The standard InChI is InChI=1S/C20H20N2O5/c1-13(20(25)22-16-5-3-4-15(10-16)12-21)27-19(24)9-7-14-6-8-18(26-2)17(23)11-14/h3-6,8,10-11,13,23H,7,9H2,1-2H3,(H,22,25). The Balaban J connectivity index is 1.84. The molecule has 0 spiro atoms. The van der Waals surface area contributed by atoms with Crippen molar-refractivity contribution in [2.45, 2.75) is 25.9 Å². The van der Waals surface area contributed by atoms with Crippen molar-refractivity contribution in [3.63, 3.8) is 0 Å². The number of hydrogen-bond donors (Lipinski definition) is 2. The third-order valence-electron chi connectivity index (χ3n) is 3.80. The number of nitrogens with one attached hydrogen (secondary N) is 1. The normalized spacial score (nSPS) is 11.1. The number of methoxy groups -OCH3 is 1. The molecular weight excluding hydrogens is 348 g/mol. The fourth-order valence-corrected chi connectivity index (χ4v) is 2.36. The number of ether oxygens (including phenoxy) is 2. The van der Waals surface area contributed by atoms with E-state index in [1.54, 1.807) is 30.3 Å². The van der Waals surface area contributed by atoms with E-state index in [1.807, 2.05) is 6.07 Å². The fraction of sp³-hybridized carbons (Fsp3) is 0.250. The molecule has 1 amide bonds. The number of aryl methyl sites for hydroxylation is 1. The maximum absolute atomic E-state index is 12.1. The minimum Gasteiger partial charge on any atom is -0.504 e. The Kier molecular flexibility index (Phi) is 6.78. The van der Waals surface area contributed by atoms with Gasteiger partial charge in [0.25, 0.3) is 5.91 Å². The Labute approximate surface area is 157 Å². The number of phenols is 1. The van der Waals surface area contributed by atoms with Gasteiger partial charge < -0.3 is 19.9 Å². The third kappa shape index (κ3) is 5.75. The van der Waals surface area contributed by atoms with E-state index in [9.17, 15) is 14.7 Å². The van der Waals surface area contributed by atoms with Crippen LogP contribution in [0.25, 0.3) is 0 Å². The molecule has 0 aromatic heterocycles.